The summed E-state index contributed by atoms with van der Waals surface area (Å²) in [6, 6.07) is 4.20. The predicted octanol–water partition coefficient (Wildman–Crippen LogP) is 1.46. The van der Waals surface area contributed by atoms with Gasteiger partial charge >= 0.3 is 0 Å². The minimum atomic E-state index is 0.224. The average Bonchev–Trinajstić information content (AvgIpc) is 3.01. The van der Waals surface area contributed by atoms with Gasteiger partial charge in [0.25, 0.3) is 0 Å². The van der Waals surface area contributed by atoms with E-state index in [1.165, 1.54) is 5.69 Å². The second-order valence-corrected chi connectivity index (χ2v) is 5.98. The Bertz CT molecular complexity index is 460. The Kier molecular flexibility index (Phi) is 4.70. The van der Waals surface area contributed by atoms with Gasteiger partial charge in [0.2, 0.25) is 0 Å². The van der Waals surface area contributed by atoms with E-state index < -0.39 is 0 Å². The number of rotatable bonds is 4. The third-order valence-electron chi connectivity index (χ3n) is 4.00. The highest BCUT2D eigenvalue weighted by Gasteiger charge is 2.30. The summed E-state index contributed by atoms with van der Waals surface area (Å²) in [5.74, 6) is 0.930. The van der Waals surface area contributed by atoms with E-state index in [0.29, 0.717) is 0 Å². The Hall–Kier alpha value is -1.49. The lowest BCUT2D eigenvalue weighted by Gasteiger charge is -2.27. The molecule has 0 bridgehead atoms. The topological polar surface area (TPSA) is 41.8 Å². The highest BCUT2D eigenvalue weighted by molar-refractivity contribution is 5.79. The van der Waals surface area contributed by atoms with Crippen LogP contribution < -0.4 is 5.32 Å². The van der Waals surface area contributed by atoms with Gasteiger partial charge < -0.3 is 19.5 Å². The van der Waals surface area contributed by atoms with Crippen LogP contribution in [0.25, 0.3) is 0 Å². The Morgan fingerprint density at radius 3 is 2.95 bits per heavy atom. The van der Waals surface area contributed by atoms with Crippen molar-refractivity contribution in [3.8, 4) is 0 Å². The van der Waals surface area contributed by atoms with Crippen LogP contribution >= 0.6 is 0 Å². The highest BCUT2D eigenvalue weighted by Crippen LogP contribution is 2.26. The van der Waals surface area contributed by atoms with Gasteiger partial charge in [0, 0.05) is 51.6 Å². The summed E-state index contributed by atoms with van der Waals surface area (Å²) in [5.41, 5.74) is 1.49. The maximum Gasteiger partial charge on any atom is 0.193 e. The molecule has 0 amide bonds. The van der Waals surface area contributed by atoms with Crippen molar-refractivity contribution in [1.29, 1.82) is 0 Å². The largest absolute Gasteiger partial charge is 0.381 e. The summed E-state index contributed by atoms with van der Waals surface area (Å²) in [5, 5.41) is 3.47. The number of guanidine groups is 1. The molecule has 1 aromatic rings. The molecule has 1 atom stereocenters. The molecule has 5 heteroatoms. The van der Waals surface area contributed by atoms with E-state index in [-0.39, 0.29) is 5.41 Å². The molecule has 0 aromatic carbocycles. The van der Waals surface area contributed by atoms with Gasteiger partial charge in [-0.15, -0.1) is 0 Å². The molecule has 0 aliphatic carbocycles. The summed E-state index contributed by atoms with van der Waals surface area (Å²) in [6.07, 6.45) is 3.18. The quantitative estimate of drug-likeness (QED) is 0.670. The molecule has 5 nitrogen and oxygen atoms in total. The smallest absolute Gasteiger partial charge is 0.193 e. The lowest BCUT2D eigenvalue weighted by molar-refractivity contribution is 0.160. The summed E-state index contributed by atoms with van der Waals surface area (Å²) < 4.78 is 7.63. The molecule has 1 N–H and O–H groups in total. The Morgan fingerprint density at radius 2 is 2.40 bits per heavy atom. The zero-order valence-electron chi connectivity index (χ0n) is 13.0. The first-order chi connectivity index (χ1) is 9.54. The van der Waals surface area contributed by atoms with Crippen LogP contribution in [0.15, 0.2) is 23.3 Å². The second-order valence-electron chi connectivity index (χ2n) is 5.98. The minimum absolute atomic E-state index is 0.224. The number of nitrogens with one attached hydrogen (secondary N) is 1. The van der Waals surface area contributed by atoms with Crippen molar-refractivity contribution in [2.24, 2.45) is 17.5 Å². The van der Waals surface area contributed by atoms with Crippen molar-refractivity contribution in [2.75, 3.05) is 33.9 Å². The van der Waals surface area contributed by atoms with Gasteiger partial charge in [-0.25, -0.2) is 0 Å². The van der Waals surface area contributed by atoms with E-state index in [1.54, 1.807) is 0 Å². The first kappa shape index (κ1) is 14.9. The lowest BCUT2D eigenvalue weighted by atomic mass is 9.90. The summed E-state index contributed by atoms with van der Waals surface area (Å²) in [7, 11) is 5.96. The minimum Gasteiger partial charge on any atom is -0.381 e. The van der Waals surface area contributed by atoms with Gasteiger partial charge in [-0.2, -0.15) is 0 Å². The van der Waals surface area contributed by atoms with Crippen molar-refractivity contribution in [1.82, 2.24) is 14.8 Å². The molecule has 1 aliphatic heterocycles. The van der Waals surface area contributed by atoms with E-state index in [1.807, 2.05) is 7.05 Å². The summed E-state index contributed by atoms with van der Waals surface area (Å²) >= 11 is 0. The van der Waals surface area contributed by atoms with Gasteiger partial charge in [0.05, 0.1) is 13.2 Å². The number of aliphatic imine (C=N–C) groups is 1. The molecule has 1 aliphatic rings. The van der Waals surface area contributed by atoms with Crippen LogP contribution in [0.3, 0.4) is 0 Å². The maximum absolute atomic E-state index is 5.49. The van der Waals surface area contributed by atoms with E-state index in [9.17, 15) is 0 Å². The SMILES string of the molecule is CN=C(NCC1(C)CCOC1)N(C)Cc1cccn1C. The zero-order valence-corrected chi connectivity index (χ0v) is 13.0. The molecule has 112 valence electrons. The fourth-order valence-corrected chi connectivity index (χ4v) is 2.50. The van der Waals surface area contributed by atoms with Crippen molar-refractivity contribution in [2.45, 2.75) is 19.9 Å². The number of ether oxygens (including phenoxy) is 1. The van der Waals surface area contributed by atoms with Gasteiger partial charge in [-0.05, 0) is 18.6 Å². The molecule has 0 radical (unpaired) electrons. The third kappa shape index (κ3) is 3.54. The van der Waals surface area contributed by atoms with Gasteiger partial charge in [-0.3, -0.25) is 4.99 Å². The number of aryl methyl sites for hydroxylation is 1. The van der Waals surface area contributed by atoms with Crippen molar-refractivity contribution in [3.63, 3.8) is 0 Å². The Balaban J connectivity index is 1.89. The standard InChI is InChI=1S/C15H26N4O/c1-15(7-9-20-12-15)11-17-14(16-2)19(4)10-13-6-5-8-18(13)3/h5-6,8H,7,9-12H2,1-4H3,(H,16,17). The van der Waals surface area contributed by atoms with Crippen molar-refractivity contribution >= 4 is 5.96 Å². The highest BCUT2D eigenvalue weighted by atomic mass is 16.5. The molecule has 1 saturated heterocycles. The summed E-state index contributed by atoms with van der Waals surface area (Å²) in [6.45, 7) is 5.71. The lowest BCUT2D eigenvalue weighted by Crippen LogP contribution is -2.43. The molecule has 20 heavy (non-hydrogen) atoms. The number of aromatic nitrogens is 1. The molecule has 0 spiro atoms. The van der Waals surface area contributed by atoms with E-state index in [2.05, 4.69) is 59.1 Å². The van der Waals surface area contributed by atoms with Crippen LogP contribution in [0.1, 0.15) is 19.0 Å². The molecule has 0 saturated carbocycles. The Labute approximate surface area is 121 Å². The summed E-state index contributed by atoms with van der Waals surface area (Å²) in [4.78, 5) is 6.52. The fourth-order valence-electron chi connectivity index (χ4n) is 2.50. The van der Waals surface area contributed by atoms with E-state index in [4.69, 9.17) is 4.74 Å². The van der Waals surface area contributed by atoms with Crippen molar-refractivity contribution in [3.05, 3.63) is 24.0 Å². The Morgan fingerprint density at radius 1 is 1.60 bits per heavy atom. The van der Waals surface area contributed by atoms with Gasteiger partial charge in [0.15, 0.2) is 5.96 Å². The van der Waals surface area contributed by atoms with Crippen LogP contribution in [0.4, 0.5) is 0 Å². The monoisotopic (exact) mass is 278 g/mol. The zero-order chi connectivity index (χ0) is 14.6. The molecule has 1 fully saturated rings. The molecule has 2 heterocycles. The molecule has 1 aromatic heterocycles. The van der Waals surface area contributed by atoms with Crippen LogP contribution in [0.5, 0.6) is 0 Å². The van der Waals surface area contributed by atoms with Crippen LogP contribution in [0, 0.1) is 5.41 Å². The first-order valence-corrected chi connectivity index (χ1v) is 7.14. The van der Waals surface area contributed by atoms with Crippen molar-refractivity contribution < 1.29 is 4.74 Å². The normalized spacial score (nSPS) is 23.1. The third-order valence-corrected chi connectivity index (χ3v) is 4.00. The number of hydrogen-bond donors (Lipinski definition) is 1. The molecule has 1 unspecified atom stereocenters. The molecule has 2 rings (SSSR count). The maximum atomic E-state index is 5.49. The van der Waals surface area contributed by atoms with Gasteiger partial charge in [-0.1, -0.05) is 6.92 Å². The van der Waals surface area contributed by atoms with E-state index >= 15 is 0 Å². The second kappa shape index (κ2) is 6.31. The number of hydrogen-bond acceptors (Lipinski definition) is 2. The average molecular weight is 278 g/mol. The molecular formula is C15H26N4O. The molecular weight excluding hydrogens is 252 g/mol. The van der Waals surface area contributed by atoms with Gasteiger partial charge in [0.1, 0.15) is 0 Å². The number of nitrogens with zero attached hydrogens (tertiary/aromatic N) is 3. The van der Waals surface area contributed by atoms with Crippen LogP contribution in [-0.4, -0.2) is 49.3 Å². The fraction of sp³-hybridized carbons (Fsp3) is 0.667. The van der Waals surface area contributed by atoms with Crippen LogP contribution in [-0.2, 0) is 18.3 Å². The van der Waals surface area contributed by atoms with Crippen LogP contribution in [0.2, 0.25) is 0 Å². The predicted molar refractivity (Wildman–Crippen MR) is 81.8 cm³/mol. The van der Waals surface area contributed by atoms with E-state index in [0.717, 1.165) is 38.7 Å². The first-order valence-electron chi connectivity index (χ1n) is 7.14.